The molecule has 0 amide bonds. The Morgan fingerprint density at radius 3 is 2.64 bits per heavy atom. The molecule has 14 heavy (non-hydrogen) atoms. The number of halogens is 1. The van der Waals surface area contributed by atoms with Crippen LogP contribution in [0.25, 0.3) is 0 Å². The zero-order valence-corrected chi connectivity index (χ0v) is 8.67. The van der Waals surface area contributed by atoms with Crippen LogP contribution in [0, 0.1) is 11.3 Å². The minimum absolute atomic E-state index is 0.569. The number of alkyl halides is 1. The lowest BCUT2D eigenvalue weighted by molar-refractivity contribution is 1.13. The third kappa shape index (κ3) is 3.64. The lowest BCUT2D eigenvalue weighted by atomic mass is 10.1. The van der Waals surface area contributed by atoms with Crippen LogP contribution < -0.4 is 0 Å². The van der Waals surface area contributed by atoms with Gasteiger partial charge < -0.3 is 0 Å². The van der Waals surface area contributed by atoms with E-state index in [-0.39, 0.29) is 0 Å². The molecule has 1 aromatic carbocycles. The average molecular weight is 206 g/mol. The first kappa shape index (κ1) is 10.8. The highest BCUT2D eigenvalue weighted by Gasteiger charge is 1.96. The van der Waals surface area contributed by atoms with Crippen molar-refractivity contribution in [1.82, 2.24) is 0 Å². The summed E-state index contributed by atoms with van der Waals surface area (Å²) in [5.74, 6) is 0.569. The Morgan fingerprint density at radius 2 is 2.07 bits per heavy atom. The number of rotatable bonds is 4. The Labute approximate surface area is 89.6 Å². The third-order valence-electron chi connectivity index (χ3n) is 1.88. The average Bonchev–Trinajstić information content (AvgIpc) is 2.25. The smallest absolute Gasteiger partial charge is 0.0947 e. The van der Waals surface area contributed by atoms with Crippen molar-refractivity contribution in [2.75, 3.05) is 5.88 Å². The number of hydrogen-bond acceptors (Lipinski definition) is 1. The zero-order valence-electron chi connectivity index (χ0n) is 7.91. The quantitative estimate of drug-likeness (QED) is 0.547. The van der Waals surface area contributed by atoms with Crippen molar-refractivity contribution in [2.45, 2.75) is 12.8 Å². The van der Waals surface area contributed by atoms with Crippen LogP contribution in [0.4, 0.5) is 0 Å². The molecule has 0 radical (unpaired) electrons. The molecule has 0 saturated heterocycles. The highest BCUT2D eigenvalue weighted by atomic mass is 35.5. The maximum absolute atomic E-state index is 8.85. The molecule has 0 heterocycles. The fourth-order valence-corrected chi connectivity index (χ4v) is 1.31. The van der Waals surface area contributed by atoms with Crippen LogP contribution in [-0.2, 0) is 6.42 Å². The molecule has 0 spiro atoms. The summed E-state index contributed by atoms with van der Waals surface area (Å²) in [4.78, 5) is 0. The second kappa shape index (κ2) is 6.23. The second-order valence-corrected chi connectivity index (χ2v) is 3.36. The van der Waals surface area contributed by atoms with Gasteiger partial charge in [0.2, 0.25) is 0 Å². The maximum Gasteiger partial charge on any atom is 0.0947 e. The zero-order chi connectivity index (χ0) is 10.2. The van der Waals surface area contributed by atoms with Gasteiger partial charge in [0.15, 0.2) is 0 Å². The summed E-state index contributed by atoms with van der Waals surface area (Å²) < 4.78 is 0. The van der Waals surface area contributed by atoms with Gasteiger partial charge in [-0.3, -0.25) is 0 Å². The minimum Gasteiger partial charge on any atom is -0.193 e. The fourth-order valence-electron chi connectivity index (χ4n) is 1.20. The molecule has 1 rings (SSSR count). The van der Waals surface area contributed by atoms with Crippen molar-refractivity contribution in [2.24, 2.45) is 0 Å². The van der Waals surface area contributed by atoms with Gasteiger partial charge in [0.25, 0.3) is 0 Å². The first-order valence-electron chi connectivity index (χ1n) is 4.56. The Bertz CT molecular complexity index is 335. The summed E-state index contributed by atoms with van der Waals surface area (Å²) in [5, 5.41) is 8.85. The highest BCUT2D eigenvalue weighted by molar-refractivity contribution is 6.17. The predicted molar refractivity (Wildman–Crippen MR) is 59.2 cm³/mol. The van der Waals surface area contributed by atoms with Crippen LogP contribution in [0.5, 0.6) is 0 Å². The Hall–Kier alpha value is -1.26. The van der Waals surface area contributed by atoms with E-state index in [4.69, 9.17) is 16.9 Å². The van der Waals surface area contributed by atoms with E-state index in [0.717, 1.165) is 17.6 Å². The molecule has 0 aliphatic carbocycles. The summed E-state index contributed by atoms with van der Waals surface area (Å²) >= 11 is 5.55. The molecule has 2 heteroatoms. The van der Waals surface area contributed by atoms with Gasteiger partial charge in [-0.05, 0) is 12.0 Å². The summed E-state index contributed by atoms with van der Waals surface area (Å²) in [6.07, 6.45) is 3.37. The number of benzene rings is 1. The molecule has 0 N–H and O–H groups in total. The van der Waals surface area contributed by atoms with Crippen LogP contribution >= 0.6 is 11.6 Å². The van der Waals surface area contributed by atoms with Gasteiger partial charge in [-0.15, -0.1) is 11.6 Å². The van der Waals surface area contributed by atoms with Gasteiger partial charge in [-0.2, -0.15) is 5.26 Å². The minimum atomic E-state index is 0.569. The topological polar surface area (TPSA) is 23.8 Å². The SMILES string of the molecule is N#C/C(=C\CCCl)Cc1ccccc1. The summed E-state index contributed by atoms with van der Waals surface area (Å²) in [5.41, 5.74) is 1.95. The van der Waals surface area contributed by atoms with Crippen molar-refractivity contribution in [3.8, 4) is 6.07 Å². The van der Waals surface area contributed by atoms with Crippen LogP contribution in [0.3, 0.4) is 0 Å². The Kier molecular flexibility index (Phi) is 4.82. The Balaban J connectivity index is 2.63. The highest BCUT2D eigenvalue weighted by Crippen LogP contribution is 2.07. The summed E-state index contributed by atoms with van der Waals surface area (Å²) in [7, 11) is 0. The first-order valence-corrected chi connectivity index (χ1v) is 5.09. The first-order chi connectivity index (χ1) is 6.86. The van der Waals surface area contributed by atoms with Crippen LogP contribution in [0.2, 0.25) is 0 Å². The molecular formula is C12H12ClN. The van der Waals surface area contributed by atoms with Gasteiger partial charge >= 0.3 is 0 Å². The van der Waals surface area contributed by atoms with Gasteiger partial charge in [0.05, 0.1) is 6.07 Å². The predicted octanol–water partition coefficient (Wildman–Crippen LogP) is 3.31. The van der Waals surface area contributed by atoms with Crippen LogP contribution in [0.15, 0.2) is 42.0 Å². The molecule has 1 aromatic rings. The van der Waals surface area contributed by atoms with E-state index in [0.29, 0.717) is 12.3 Å². The monoisotopic (exact) mass is 205 g/mol. The lowest BCUT2D eigenvalue weighted by Crippen LogP contribution is -1.88. The molecule has 0 bridgehead atoms. The normalized spacial score (nSPS) is 11.0. The number of nitrogens with zero attached hydrogens (tertiary/aromatic N) is 1. The summed E-state index contributed by atoms with van der Waals surface area (Å²) in [6.45, 7) is 0. The number of nitriles is 1. The molecule has 1 nitrogen and oxygen atoms in total. The molecule has 0 atom stereocenters. The van der Waals surface area contributed by atoms with E-state index < -0.39 is 0 Å². The molecule has 0 aliphatic rings. The van der Waals surface area contributed by atoms with E-state index in [1.165, 1.54) is 0 Å². The van der Waals surface area contributed by atoms with Crippen LogP contribution in [-0.4, -0.2) is 5.88 Å². The van der Waals surface area contributed by atoms with Gasteiger partial charge in [0, 0.05) is 17.9 Å². The number of allylic oxidation sites excluding steroid dienone is 2. The molecule has 0 unspecified atom stereocenters. The maximum atomic E-state index is 8.85. The van der Waals surface area contributed by atoms with Crippen molar-refractivity contribution in [3.05, 3.63) is 47.5 Å². The molecule has 0 saturated carbocycles. The van der Waals surface area contributed by atoms with Crippen molar-refractivity contribution >= 4 is 11.6 Å². The largest absolute Gasteiger partial charge is 0.193 e. The van der Waals surface area contributed by atoms with E-state index in [9.17, 15) is 0 Å². The molecule has 72 valence electrons. The molecular weight excluding hydrogens is 194 g/mol. The fraction of sp³-hybridized carbons (Fsp3) is 0.250. The van der Waals surface area contributed by atoms with Gasteiger partial charge in [-0.25, -0.2) is 0 Å². The summed E-state index contributed by atoms with van der Waals surface area (Å²) in [6, 6.07) is 12.2. The second-order valence-electron chi connectivity index (χ2n) is 2.98. The standard InChI is InChI=1S/C12H12ClN/c13-8-4-7-12(10-14)9-11-5-2-1-3-6-11/h1-3,5-7H,4,8-9H2/b12-7-. The van der Waals surface area contributed by atoms with Crippen molar-refractivity contribution in [1.29, 1.82) is 5.26 Å². The van der Waals surface area contributed by atoms with E-state index in [1.54, 1.807) is 0 Å². The number of hydrogen-bond donors (Lipinski definition) is 0. The van der Waals surface area contributed by atoms with E-state index >= 15 is 0 Å². The lowest BCUT2D eigenvalue weighted by Gasteiger charge is -1.98. The molecule has 0 aliphatic heterocycles. The van der Waals surface area contributed by atoms with E-state index in [2.05, 4.69) is 6.07 Å². The van der Waals surface area contributed by atoms with Gasteiger partial charge in [0.1, 0.15) is 0 Å². The molecule has 0 aromatic heterocycles. The van der Waals surface area contributed by atoms with E-state index in [1.807, 2.05) is 36.4 Å². The molecule has 0 fully saturated rings. The van der Waals surface area contributed by atoms with Crippen LogP contribution in [0.1, 0.15) is 12.0 Å². The Morgan fingerprint density at radius 1 is 1.36 bits per heavy atom. The van der Waals surface area contributed by atoms with Crippen molar-refractivity contribution in [3.63, 3.8) is 0 Å². The third-order valence-corrected chi connectivity index (χ3v) is 2.10. The van der Waals surface area contributed by atoms with Gasteiger partial charge in [-0.1, -0.05) is 36.4 Å². The van der Waals surface area contributed by atoms with Crippen molar-refractivity contribution < 1.29 is 0 Å².